The predicted molar refractivity (Wildman–Crippen MR) is 144 cm³/mol. The average molecular weight is 471 g/mol. The van der Waals surface area contributed by atoms with E-state index in [0.717, 1.165) is 49.7 Å². The maximum atomic E-state index is 15.1. The Morgan fingerprint density at radius 1 is 0.618 bits per heavy atom. The first-order valence-electron chi connectivity index (χ1n) is 14.5. The van der Waals surface area contributed by atoms with E-state index in [1.165, 1.54) is 77.0 Å². The number of allylic oxidation sites excluding steroid dienone is 4. The molecule has 1 aromatic carbocycles. The molecule has 0 aliphatic heterocycles. The molecule has 0 amide bonds. The second kappa shape index (κ2) is 14.8. The van der Waals surface area contributed by atoms with Crippen molar-refractivity contribution in [2.75, 3.05) is 0 Å². The van der Waals surface area contributed by atoms with E-state index in [1.807, 2.05) is 12.1 Å². The lowest BCUT2D eigenvalue weighted by atomic mass is 9.82. The van der Waals surface area contributed by atoms with Crippen LogP contribution in [0.1, 0.15) is 141 Å². The summed E-state index contributed by atoms with van der Waals surface area (Å²) in [5.74, 6) is 0.149. The molecule has 0 N–H and O–H groups in total. The fraction of sp³-hybridized carbons (Fsp3) is 0.688. The number of halogens is 2. The van der Waals surface area contributed by atoms with Gasteiger partial charge in [-0.05, 0) is 61.5 Å². The topological polar surface area (TPSA) is 0 Å². The maximum Gasteiger partial charge on any atom is 0.166 e. The van der Waals surface area contributed by atoms with Crippen LogP contribution in [0.4, 0.5) is 8.78 Å². The highest BCUT2D eigenvalue weighted by Gasteiger charge is 2.23. The summed E-state index contributed by atoms with van der Waals surface area (Å²) in [6.45, 7) is 4.50. The summed E-state index contributed by atoms with van der Waals surface area (Å²) in [5, 5.41) is 0. The number of hydrogen-bond acceptors (Lipinski definition) is 0. The van der Waals surface area contributed by atoms with Crippen molar-refractivity contribution < 1.29 is 8.78 Å². The zero-order valence-corrected chi connectivity index (χ0v) is 21.9. The van der Waals surface area contributed by atoms with Crippen LogP contribution < -0.4 is 0 Å². The quantitative estimate of drug-likeness (QED) is 0.237. The zero-order chi connectivity index (χ0) is 24.2. The second-order valence-electron chi connectivity index (χ2n) is 10.9. The summed E-state index contributed by atoms with van der Waals surface area (Å²) in [7, 11) is 0. The molecule has 1 aromatic rings. The van der Waals surface area contributed by atoms with E-state index in [4.69, 9.17) is 0 Å². The molecule has 2 unspecified atom stereocenters. The third kappa shape index (κ3) is 8.06. The minimum atomic E-state index is -0.638. The molecule has 0 bridgehead atoms. The molecular weight excluding hydrogens is 422 g/mol. The fourth-order valence-electron chi connectivity index (χ4n) is 5.91. The SMILES string of the molecule is CCCCCCCC1CC=C(c2ccc(C3=CCC(CCCCCCC)CC3)c(F)c2F)CC1. The van der Waals surface area contributed by atoms with Gasteiger partial charge in [0.15, 0.2) is 11.6 Å². The van der Waals surface area contributed by atoms with Crippen molar-refractivity contribution >= 4 is 11.1 Å². The van der Waals surface area contributed by atoms with Crippen LogP contribution >= 0.6 is 0 Å². The summed E-state index contributed by atoms with van der Waals surface area (Å²) < 4.78 is 30.2. The minimum absolute atomic E-state index is 0.490. The van der Waals surface area contributed by atoms with E-state index in [0.29, 0.717) is 23.0 Å². The van der Waals surface area contributed by atoms with Gasteiger partial charge in [0.25, 0.3) is 0 Å². The summed E-state index contributed by atoms with van der Waals surface area (Å²) in [6, 6.07) is 3.68. The Morgan fingerprint density at radius 3 is 1.38 bits per heavy atom. The molecule has 2 atom stereocenters. The molecule has 0 aromatic heterocycles. The van der Waals surface area contributed by atoms with Crippen molar-refractivity contribution in [2.24, 2.45) is 11.8 Å². The highest BCUT2D eigenvalue weighted by atomic mass is 19.2. The largest absolute Gasteiger partial charge is 0.203 e. The first-order chi connectivity index (χ1) is 16.6. The molecule has 0 saturated carbocycles. The molecule has 3 rings (SSSR count). The summed E-state index contributed by atoms with van der Waals surface area (Å²) >= 11 is 0. The van der Waals surface area contributed by atoms with Gasteiger partial charge in [-0.1, -0.05) is 115 Å². The average Bonchev–Trinajstić information content (AvgIpc) is 2.86. The highest BCUT2D eigenvalue weighted by molar-refractivity contribution is 5.72. The fourth-order valence-corrected chi connectivity index (χ4v) is 5.91. The Kier molecular flexibility index (Phi) is 11.9. The van der Waals surface area contributed by atoms with E-state index >= 15 is 8.78 Å². The molecular formula is C32H48F2. The molecule has 0 spiro atoms. The zero-order valence-electron chi connectivity index (χ0n) is 21.9. The third-order valence-electron chi connectivity index (χ3n) is 8.25. The van der Waals surface area contributed by atoms with Crippen LogP contribution in [0.25, 0.3) is 11.1 Å². The normalized spacial score (nSPS) is 20.8. The van der Waals surface area contributed by atoms with Crippen LogP contribution in [-0.2, 0) is 0 Å². The van der Waals surface area contributed by atoms with Gasteiger partial charge in [0.1, 0.15) is 0 Å². The molecule has 0 saturated heterocycles. The van der Waals surface area contributed by atoms with Gasteiger partial charge in [0, 0.05) is 11.1 Å². The van der Waals surface area contributed by atoms with Gasteiger partial charge < -0.3 is 0 Å². The van der Waals surface area contributed by atoms with Gasteiger partial charge in [-0.2, -0.15) is 0 Å². The van der Waals surface area contributed by atoms with Crippen LogP contribution in [0, 0.1) is 23.5 Å². The molecule has 2 aliphatic rings. The van der Waals surface area contributed by atoms with Crippen LogP contribution in [0.3, 0.4) is 0 Å². The van der Waals surface area contributed by atoms with Crippen molar-refractivity contribution in [1.82, 2.24) is 0 Å². The molecule has 34 heavy (non-hydrogen) atoms. The van der Waals surface area contributed by atoms with Crippen molar-refractivity contribution in [2.45, 2.75) is 129 Å². The Morgan fingerprint density at radius 2 is 1.03 bits per heavy atom. The molecule has 0 nitrogen and oxygen atoms in total. The lowest BCUT2D eigenvalue weighted by Crippen LogP contribution is -2.09. The van der Waals surface area contributed by atoms with Crippen LogP contribution in [0.5, 0.6) is 0 Å². The lowest BCUT2D eigenvalue weighted by Gasteiger charge is -2.24. The van der Waals surface area contributed by atoms with Crippen LogP contribution in [0.2, 0.25) is 0 Å². The predicted octanol–water partition coefficient (Wildman–Crippen LogP) is 11.1. The van der Waals surface area contributed by atoms with Crippen LogP contribution in [-0.4, -0.2) is 0 Å². The lowest BCUT2D eigenvalue weighted by molar-refractivity contribution is 0.421. The van der Waals surface area contributed by atoms with Gasteiger partial charge in [-0.25, -0.2) is 8.78 Å². The number of benzene rings is 1. The Hall–Kier alpha value is -1.44. The Balaban J connectivity index is 1.52. The van der Waals surface area contributed by atoms with Gasteiger partial charge in [0.2, 0.25) is 0 Å². The van der Waals surface area contributed by atoms with Gasteiger partial charge >= 0.3 is 0 Å². The maximum absolute atomic E-state index is 15.1. The second-order valence-corrected chi connectivity index (χ2v) is 10.9. The minimum Gasteiger partial charge on any atom is -0.203 e. The van der Waals surface area contributed by atoms with E-state index in [1.54, 1.807) is 0 Å². The molecule has 2 heteroatoms. The van der Waals surface area contributed by atoms with E-state index in [-0.39, 0.29) is 0 Å². The third-order valence-corrected chi connectivity index (χ3v) is 8.25. The highest BCUT2D eigenvalue weighted by Crippen LogP contribution is 2.38. The molecule has 0 heterocycles. The van der Waals surface area contributed by atoms with Gasteiger partial charge in [-0.3, -0.25) is 0 Å². The van der Waals surface area contributed by atoms with E-state index in [9.17, 15) is 0 Å². The Labute approximate surface area is 208 Å². The smallest absolute Gasteiger partial charge is 0.166 e. The van der Waals surface area contributed by atoms with Crippen molar-refractivity contribution in [3.05, 3.63) is 47.0 Å². The van der Waals surface area contributed by atoms with Gasteiger partial charge in [-0.15, -0.1) is 0 Å². The molecule has 0 radical (unpaired) electrons. The monoisotopic (exact) mass is 470 g/mol. The first kappa shape index (κ1) is 27.2. The summed E-state index contributed by atoms with van der Waals surface area (Å²) in [5.41, 5.74) is 2.99. The first-order valence-corrected chi connectivity index (χ1v) is 14.5. The summed E-state index contributed by atoms with van der Waals surface area (Å²) in [4.78, 5) is 0. The van der Waals surface area contributed by atoms with Crippen molar-refractivity contribution in [1.29, 1.82) is 0 Å². The Bertz CT molecular complexity index is 736. The van der Waals surface area contributed by atoms with Gasteiger partial charge in [0.05, 0.1) is 0 Å². The van der Waals surface area contributed by atoms with E-state index in [2.05, 4.69) is 26.0 Å². The summed E-state index contributed by atoms with van der Waals surface area (Å²) in [6.07, 6.45) is 26.1. The number of hydrogen-bond donors (Lipinski definition) is 0. The molecule has 0 fully saturated rings. The number of unbranched alkanes of at least 4 members (excludes halogenated alkanes) is 8. The standard InChI is InChI=1S/C32H48F2/c1-3-5-7-9-11-13-25-15-19-27(20-16-25)29-23-24-30(32(34)31(29)33)28-21-17-26(18-22-28)14-12-10-8-6-4-2/h19,21,23-26H,3-18,20,22H2,1-2H3. The van der Waals surface area contributed by atoms with Crippen molar-refractivity contribution in [3.63, 3.8) is 0 Å². The van der Waals surface area contributed by atoms with Crippen molar-refractivity contribution in [3.8, 4) is 0 Å². The number of rotatable bonds is 14. The van der Waals surface area contributed by atoms with Crippen LogP contribution in [0.15, 0.2) is 24.3 Å². The molecule has 2 aliphatic carbocycles. The van der Waals surface area contributed by atoms with E-state index < -0.39 is 11.6 Å². The molecule has 190 valence electrons.